The monoisotopic (exact) mass is 308 g/mol. The fraction of sp³-hybridized carbons (Fsp3) is 0.667. The minimum absolute atomic E-state index is 0.172. The number of hydrogen-bond acceptors (Lipinski definition) is 2. The van der Waals surface area contributed by atoms with Gasteiger partial charge in [-0.05, 0) is 56.8 Å². The van der Waals surface area contributed by atoms with Gasteiger partial charge in [0.1, 0.15) is 0 Å². The third-order valence-corrected chi connectivity index (χ3v) is 5.03. The molecule has 1 fully saturated rings. The number of allylic oxidation sites excluding steroid dienone is 2. The Morgan fingerprint density at radius 3 is 2.32 bits per heavy atom. The molecule has 0 bridgehead atoms. The largest absolute Gasteiger partial charge is 0.481 e. The van der Waals surface area contributed by atoms with Crippen molar-refractivity contribution in [1.82, 2.24) is 0 Å². The van der Waals surface area contributed by atoms with Crippen molar-refractivity contribution in [1.29, 1.82) is 0 Å². The van der Waals surface area contributed by atoms with Crippen LogP contribution in [0.25, 0.3) is 0 Å². The normalized spacial score (nSPS) is 27.3. The molecule has 0 aliphatic heterocycles. The average molecular weight is 308 g/mol. The lowest BCUT2D eigenvalue weighted by atomic mass is 9.83. The van der Waals surface area contributed by atoms with Gasteiger partial charge in [0.25, 0.3) is 0 Å². The Labute approximate surface area is 132 Å². The third-order valence-electron chi connectivity index (χ3n) is 5.03. The number of carboxylic acids is 2. The Balaban J connectivity index is 0.000000422. The Morgan fingerprint density at radius 1 is 1.23 bits per heavy atom. The summed E-state index contributed by atoms with van der Waals surface area (Å²) in [5.41, 5.74) is 3.55. The molecule has 0 saturated heterocycles. The summed E-state index contributed by atoms with van der Waals surface area (Å²) >= 11 is 0. The number of hydrogen-bond donors (Lipinski definition) is 2. The first-order valence-electron chi connectivity index (χ1n) is 8.10. The van der Waals surface area contributed by atoms with E-state index in [1.54, 1.807) is 12.5 Å². The van der Waals surface area contributed by atoms with Crippen molar-refractivity contribution in [3.8, 4) is 0 Å². The molecule has 0 aromatic heterocycles. The highest BCUT2D eigenvalue weighted by Crippen LogP contribution is 2.46. The maximum Gasteiger partial charge on any atom is 0.331 e. The molecule has 0 heterocycles. The van der Waals surface area contributed by atoms with Gasteiger partial charge >= 0.3 is 11.9 Å². The summed E-state index contributed by atoms with van der Waals surface area (Å²) in [7, 11) is 0. The molecule has 124 valence electrons. The van der Waals surface area contributed by atoms with Gasteiger partial charge in [0.05, 0.1) is 0 Å². The zero-order valence-corrected chi connectivity index (χ0v) is 13.9. The lowest BCUT2D eigenvalue weighted by Gasteiger charge is -2.21. The van der Waals surface area contributed by atoms with Crippen LogP contribution < -0.4 is 0 Å². The van der Waals surface area contributed by atoms with Gasteiger partial charge in [0, 0.05) is 12.0 Å². The van der Waals surface area contributed by atoms with Crippen LogP contribution in [0.2, 0.25) is 0 Å². The second kappa shape index (κ2) is 8.16. The highest BCUT2D eigenvalue weighted by Gasteiger charge is 2.35. The maximum absolute atomic E-state index is 11.1. The van der Waals surface area contributed by atoms with Gasteiger partial charge in [-0.15, -0.1) is 0 Å². The molecule has 2 N–H and O–H groups in total. The topological polar surface area (TPSA) is 74.6 Å². The van der Waals surface area contributed by atoms with Gasteiger partial charge in [-0.3, -0.25) is 4.79 Å². The molecule has 22 heavy (non-hydrogen) atoms. The quantitative estimate of drug-likeness (QED) is 0.603. The van der Waals surface area contributed by atoms with Gasteiger partial charge in [0.15, 0.2) is 0 Å². The van der Waals surface area contributed by atoms with Gasteiger partial charge < -0.3 is 10.2 Å². The molecule has 2 rings (SSSR count). The number of carbonyl (C=O) groups is 2. The zero-order valence-electron chi connectivity index (χ0n) is 13.9. The standard InChI is InChI=1S/C15H22O2.C3H6O2/c1-9-4-6-12(11(3)15(16)17)8-14-10(2)5-7-13(9)14;1-2-3(4)5/h10,12,14H,3-8H2,1-2H3,(H,16,17);2H2,1H3,(H,4,5). The van der Waals surface area contributed by atoms with Crippen LogP contribution in [0.4, 0.5) is 0 Å². The summed E-state index contributed by atoms with van der Waals surface area (Å²) < 4.78 is 0. The molecule has 0 aromatic rings. The molecule has 1 saturated carbocycles. The first-order valence-corrected chi connectivity index (χ1v) is 8.10. The summed E-state index contributed by atoms with van der Waals surface area (Å²) in [4.78, 5) is 20.4. The third kappa shape index (κ3) is 4.72. The maximum atomic E-state index is 11.1. The first kappa shape index (κ1) is 18.5. The Bertz CT molecular complexity index is 475. The van der Waals surface area contributed by atoms with E-state index in [2.05, 4.69) is 20.4 Å². The summed E-state index contributed by atoms with van der Waals surface area (Å²) in [6.45, 7) is 9.90. The van der Waals surface area contributed by atoms with E-state index in [-0.39, 0.29) is 12.3 Å². The molecule has 3 unspecified atom stereocenters. The lowest BCUT2D eigenvalue weighted by Crippen LogP contribution is -2.16. The van der Waals surface area contributed by atoms with E-state index in [0.717, 1.165) is 19.3 Å². The summed E-state index contributed by atoms with van der Waals surface area (Å²) in [5.74, 6) is -0.0713. The van der Waals surface area contributed by atoms with E-state index in [9.17, 15) is 9.59 Å². The highest BCUT2D eigenvalue weighted by molar-refractivity contribution is 5.86. The van der Waals surface area contributed by atoms with Crippen LogP contribution in [-0.2, 0) is 9.59 Å². The van der Waals surface area contributed by atoms with Gasteiger partial charge in [0.2, 0.25) is 0 Å². The van der Waals surface area contributed by atoms with E-state index in [4.69, 9.17) is 10.2 Å². The fourth-order valence-corrected chi connectivity index (χ4v) is 3.48. The van der Waals surface area contributed by atoms with E-state index in [1.807, 2.05) is 0 Å². The van der Waals surface area contributed by atoms with E-state index in [0.29, 0.717) is 17.4 Å². The van der Waals surface area contributed by atoms with Crippen molar-refractivity contribution in [3.63, 3.8) is 0 Å². The first-order chi connectivity index (χ1) is 10.3. The average Bonchev–Trinajstić information content (AvgIpc) is 2.74. The van der Waals surface area contributed by atoms with Crippen molar-refractivity contribution in [2.75, 3.05) is 0 Å². The second-order valence-electron chi connectivity index (χ2n) is 6.48. The molecule has 2 aliphatic carbocycles. The van der Waals surface area contributed by atoms with E-state index < -0.39 is 11.9 Å². The predicted molar refractivity (Wildman–Crippen MR) is 86.6 cm³/mol. The van der Waals surface area contributed by atoms with Gasteiger partial charge in [-0.1, -0.05) is 31.6 Å². The molecule has 4 nitrogen and oxygen atoms in total. The van der Waals surface area contributed by atoms with Crippen LogP contribution in [0.5, 0.6) is 0 Å². The SMILES string of the molecule is C=C(C(=O)O)C1CCC(C)=C2CCC(C)C2C1.CCC(=O)O. The molecule has 0 spiro atoms. The summed E-state index contributed by atoms with van der Waals surface area (Å²) in [5, 5.41) is 16.8. The molecule has 0 radical (unpaired) electrons. The van der Waals surface area contributed by atoms with Crippen molar-refractivity contribution in [3.05, 3.63) is 23.3 Å². The molecule has 0 amide bonds. The van der Waals surface area contributed by atoms with Gasteiger partial charge in [-0.25, -0.2) is 4.79 Å². The Morgan fingerprint density at radius 2 is 1.82 bits per heavy atom. The number of carboxylic acid groups (broad SMARTS) is 2. The van der Waals surface area contributed by atoms with Crippen LogP contribution >= 0.6 is 0 Å². The van der Waals surface area contributed by atoms with E-state index >= 15 is 0 Å². The highest BCUT2D eigenvalue weighted by atomic mass is 16.4. The van der Waals surface area contributed by atoms with Crippen molar-refractivity contribution >= 4 is 11.9 Å². The van der Waals surface area contributed by atoms with Crippen LogP contribution in [0.3, 0.4) is 0 Å². The molecule has 0 aromatic carbocycles. The minimum Gasteiger partial charge on any atom is -0.481 e. The van der Waals surface area contributed by atoms with Crippen LogP contribution in [-0.4, -0.2) is 22.2 Å². The minimum atomic E-state index is -0.818. The van der Waals surface area contributed by atoms with Crippen molar-refractivity contribution in [2.45, 2.75) is 59.3 Å². The molecule has 3 atom stereocenters. The molecular weight excluding hydrogens is 280 g/mol. The summed E-state index contributed by atoms with van der Waals surface area (Å²) in [6, 6.07) is 0. The number of aliphatic carboxylic acids is 2. The molecular formula is C18H28O4. The number of rotatable bonds is 3. The van der Waals surface area contributed by atoms with Crippen molar-refractivity contribution < 1.29 is 19.8 Å². The molecule has 4 heteroatoms. The smallest absolute Gasteiger partial charge is 0.331 e. The Kier molecular flexibility index (Phi) is 6.85. The second-order valence-corrected chi connectivity index (χ2v) is 6.48. The van der Waals surface area contributed by atoms with Gasteiger partial charge in [-0.2, -0.15) is 0 Å². The molecule has 2 aliphatic rings. The van der Waals surface area contributed by atoms with Crippen LogP contribution in [0.1, 0.15) is 59.3 Å². The Hall–Kier alpha value is -1.58. The van der Waals surface area contributed by atoms with Crippen molar-refractivity contribution in [2.24, 2.45) is 17.8 Å². The fourth-order valence-electron chi connectivity index (χ4n) is 3.48. The predicted octanol–water partition coefficient (Wildman–Crippen LogP) is 4.27. The van der Waals surface area contributed by atoms with E-state index in [1.165, 1.54) is 18.4 Å². The van der Waals surface area contributed by atoms with Crippen LogP contribution in [0, 0.1) is 17.8 Å². The lowest BCUT2D eigenvalue weighted by molar-refractivity contribution is -0.136. The number of fused-ring (bicyclic) bond motifs is 1. The van der Waals surface area contributed by atoms with Crippen LogP contribution in [0.15, 0.2) is 23.3 Å². The zero-order chi connectivity index (χ0) is 16.9. The summed E-state index contributed by atoms with van der Waals surface area (Å²) in [6.07, 6.45) is 5.73.